The molecule has 0 spiro atoms. The molecule has 0 aliphatic carbocycles. The van der Waals surface area contributed by atoms with Gasteiger partial charge in [0, 0.05) is 11.6 Å². The number of hydrogen-bond donors (Lipinski definition) is 1. The second-order valence-corrected chi connectivity index (χ2v) is 5.00. The SMILES string of the molecule is CCNCC(C)C(C)c1cccc2cccnc12. The normalized spacial score (nSPS) is 14.6. The predicted molar refractivity (Wildman–Crippen MR) is 77.9 cm³/mol. The third kappa shape index (κ3) is 2.70. The van der Waals surface area contributed by atoms with Gasteiger partial charge in [-0.15, -0.1) is 0 Å². The van der Waals surface area contributed by atoms with E-state index >= 15 is 0 Å². The van der Waals surface area contributed by atoms with Crippen molar-refractivity contribution in [2.75, 3.05) is 13.1 Å². The molecule has 2 heteroatoms. The largest absolute Gasteiger partial charge is 0.317 e. The van der Waals surface area contributed by atoms with Crippen LogP contribution in [0.2, 0.25) is 0 Å². The van der Waals surface area contributed by atoms with Crippen LogP contribution in [0.15, 0.2) is 36.5 Å². The Hall–Kier alpha value is -1.41. The molecule has 1 aromatic heterocycles. The van der Waals surface area contributed by atoms with Gasteiger partial charge in [-0.2, -0.15) is 0 Å². The number of nitrogens with zero attached hydrogens (tertiary/aromatic N) is 1. The molecule has 0 fully saturated rings. The summed E-state index contributed by atoms with van der Waals surface area (Å²) < 4.78 is 0. The molecule has 1 heterocycles. The van der Waals surface area contributed by atoms with E-state index in [1.807, 2.05) is 12.3 Å². The molecular weight excluding hydrogens is 220 g/mol. The lowest BCUT2D eigenvalue weighted by Gasteiger charge is -2.21. The molecule has 0 aliphatic rings. The van der Waals surface area contributed by atoms with Gasteiger partial charge in [-0.1, -0.05) is 45.0 Å². The van der Waals surface area contributed by atoms with E-state index < -0.39 is 0 Å². The summed E-state index contributed by atoms with van der Waals surface area (Å²) >= 11 is 0. The van der Waals surface area contributed by atoms with Crippen molar-refractivity contribution in [3.05, 3.63) is 42.1 Å². The van der Waals surface area contributed by atoms with Crippen LogP contribution in [0.3, 0.4) is 0 Å². The summed E-state index contributed by atoms with van der Waals surface area (Å²) in [5, 5.41) is 4.66. The first-order valence-corrected chi connectivity index (χ1v) is 6.78. The van der Waals surface area contributed by atoms with Gasteiger partial charge in [0.15, 0.2) is 0 Å². The van der Waals surface area contributed by atoms with Crippen molar-refractivity contribution in [2.45, 2.75) is 26.7 Å². The number of aromatic nitrogens is 1. The highest BCUT2D eigenvalue weighted by molar-refractivity contribution is 5.82. The highest BCUT2D eigenvalue weighted by Gasteiger charge is 2.16. The smallest absolute Gasteiger partial charge is 0.0736 e. The Morgan fingerprint density at radius 3 is 2.72 bits per heavy atom. The molecule has 0 saturated heterocycles. The predicted octanol–water partition coefficient (Wildman–Crippen LogP) is 3.58. The van der Waals surface area contributed by atoms with Crippen LogP contribution in [0.4, 0.5) is 0 Å². The fourth-order valence-electron chi connectivity index (χ4n) is 2.35. The van der Waals surface area contributed by atoms with Crippen LogP contribution in [0.25, 0.3) is 10.9 Å². The highest BCUT2D eigenvalue weighted by atomic mass is 14.8. The lowest BCUT2D eigenvalue weighted by Crippen LogP contribution is -2.24. The fraction of sp³-hybridized carbons (Fsp3) is 0.438. The fourth-order valence-corrected chi connectivity index (χ4v) is 2.35. The van der Waals surface area contributed by atoms with Gasteiger partial charge in [-0.25, -0.2) is 0 Å². The van der Waals surface area contributed by atoms with Gasteiger partial charge in [0.1, 0.15) is 0 Å². The Morgan fingerprint density at radius 2 is 1.94 bits per heavy atom. The molecule has 2 rings (SSSR count). The van der Waals surface area contributed by atoms with Gasteiger partial charge in [-0.05, 0) is 36.6 Å². The number of pyridine rings is 1. The minimum Gasteiger partial charge on any atom is -0.317 e. The van der Waals surface area contributed by atoms with Crippen LogP contribution in [-0.2, 0) is 0 Å². The maximum atomic E-state index is 4.54. The number of rotatable bonds is 5. The maximum Gasteiger partial charge on any atom is 0.0736 e. The van der Waals surface area contributed by atoms with E-state index in [2.05, 4.69) is 55.3 Å². The van der Waals surface area contributed by atoms with Gasteiger partial charge >= 0.3 is 0 Å². The van der Waals surface area contributed by atoms with Crippen LogP contribution >= 0.6 is 0 Å². The molecule has 1 N–H and O–H groups in total. The number of para-hydroxylation sites is 1. The van der Waals surface area contributed by atoms with Gasteiger partial charge in [0.2, 0.25) is 0 Å². The summed E-state index contributed by atoms with van der Waals surface area (Å²) in [6.45, 7) is 8.84. The van der Waals surface area contributed by atoms with Crippen LogP contribution in [0, 0.1) is 5.92 Å². The summed E-state index contributed by atoms with van der Waals surface area (Å²) in [4.78, 5) is 4.54. The van der Waals surface area contributed by atoms with Crippen molar-refractivity contribution in [3.63, 3.8) is 0 Å². The van der Waals surface area contributed by atoms with E-state index in [4.69, 9.17) is 0 Å². The zero-order chi connectivity index (χ0) is 13.0. The first-order valence-electron chi connectivity index (χ1n) is 6.78. The summed E-state index contributed by atoms with van der Waals surface area (Å²) in [5.41, 5.74) is 2.51. The minimum atomic E-state index is 0.516. The van der Waals surface area contributed by atoms with Gasteiger partial charge in [-0.3, -0.25) is 4.98 Å². The summed E-state index contributed by atoms with van der Waals surface area (Å²) in [5.74, 6) is 1.13. The Kier molecular flexibility index (Phi) is 4.32. The van der Waals surface area contributed by atoms with E-state index in [-0.39, 0.29) is 0 Å². The summed E-state index contributed by atoms with van der Waals surface area (Å²) in [7, 11) is 0. The second kappa shape index (κ2) is 5.96. The standard InChI is InChI=1S/C16H22N2/c1-4-17-11-12(2)13(3)15-9-5-7-14-8-6-10-18-16(14)15/h5-10,12-13,17H,4,11H2,1-3H3. The van der Waals surface area contributed by atoms with Crippen molar-refractivity contribution in [2.24, 2.45) is 5.92 Å². The lowest BCUT2D eigenvalue weighted by atomic mass is 9.87. The molecule has 2 unspecified atom stereocenters. The molecule has 2 nitrogen and oxygen atoms in total. The Morgan fingerprint density at radius 1 is 1.17 bits per heavy atom. The molecule has 0 bridgehead atoms. The summed E-state index contributed by atoms with van der Waals surface area (Å²) in [6, 6.07) is 10.6. The number of fused-ring (bicyclic) bond motifs is 1. The third-order valence-corrected chi connectivity index (χ3v) is 3.72. The van der Waals surface area contributed by atoms with Crippen molar-refractivity contribution < 1.29 is 0 Å². The zero-order valence-electron chi connectivity index (χ0n) is 11.5. The van der Waals surface area contributed by atoms with E-state index in [0.717, 1.165) is 18.6 Å². The molecule has 0 radical (unpaired) electrons. The minimum absolute atomic E-state index is 0.516. The quantitative estimate of drug-likeness (QED) is 0.866. The maximum absolute atomic E-state index is 4.54. The van der Waals surface area contributed by atoms with E-state index in [9.17, 15) is 0 Å². The molecule has 2 atom stereocenters. The van der Waals surface area contributed by atoms with Crippen LogP contribution < -0.4 is 5.32 Å². The van der Waals surface area contributed by atoms with Crippen LogP contribution in [-0.4, -0.2) is 18.1 Å². The first kappa shape index (κ1) is 13.0. The van der Waals surface area contributed by atoms with Crippen molar-refractivity contribution in [1.29, 1.82) is 0 Å². The Bertz CT molecular complexity index is 502. The molecule has 1 aromatic carbocycles. The lowest BCUT2D eigenvalue weighted by molar-refractivity contribution is 0.455. The Balaban J connectivity index is 2.29. The monoisotopic (exact) mass is 242 g/mol. The number of hydrogen-bond acceptors (Lipinski definition) is 2. The Labute approximate surface area is 109 Å². The molecular formula is C16H22N2. The third-order valence-electron chi connectivity index (χ3n) is 3.72. The second-order valence-electron chi connectivity index (χ2n) is 5.00. The van der Waals surface area contributed by atoms with Gasteiger partial charge in [0.05, 0.1) is 5.52 Å². The van der Waals surface area contributed by atoms with Gasteiger partial charge in [0.25, 0.3) is 0 Å². The first-order chi connectivity index (χ1) is 8.74. The van der Waals surface area contributed by atoms with E-state index in [1.54, 1.807) is 0 Å². The van der Waals surface area contributed by atoms with Crippen molar-refractivity contribution in [3.8, 4) is 0 Å². The molecule has 0 amide bonds. The molecule has 2 aromatic rings. The van der Waals surface area contributed by atoms with Crippen molar-refractivity contribution in [1.82, 2.24) is 10.3 Å². The van der Waals surface area contributed by atoms with Gasteiger partial charge < -0.3 is 5.32 Å². The molecule has 18 heavy (non-hydrogen) atoms. The summed E-state index contributed by atoms with van der Waals surface area (Å²) in [6.07, 6.45) is 1.88. The van der Waals surface area contributed by atoms with Crippen molar-refractivity contribution >= 4 is 10.9 Å². The number of nitrogens with one attached hydrogen (secondary N) is 1. The zero-order valence-corrected chi connectivity index (χ0v) is 11.5. The highest BCUT2D eigenvalue weighted by Crippen LogP contribution is 2.28. The van der Waals surface area contributed by atoms with E-state index in [1.165, 1.54) is 10.9 Å². The van der Waals surface area contributed by atoms with Crippen LogP contribution in [0.1, 0.15) is 32.3 Å². The van der Waals surface area contributed by atoms with E-state index in [0.29, 0.717) is 11.8 Å². The molecule has 0 saturated carbocycles. The average Bonchev–Trinajstić information content (AvgIpc) is 2.43. The number of benzene rings is 1. The average molecular weight is 242 g/mol. The van der Waals surface area contributed by atoms with Crippen LogP contribution in [0.5, 0.6) is 0 Å². The molecule has 96 valence electrons. The topological polar surface area (TPSA) is 24.9 Å². The molecule has 0 aliphatic heterocycles.